The fourth-order valence-electron chi connectivity index (χ4n) is 1.91. The van der Waals surface area contributed by atoms with E-state index in [2.05, 4.69) is 10.2 Å². The minimum Gasteiger partial charge on any atom is -0.412 e. The zero-order valence-electron chi connectivity index (χ0n) is 10.2. The fourth-order valence-corrected chi connectivity index (χ4v) is 1.91. The lowest BCUT2D eigenvalue weighted by Crippen LogP contribution is -2.27. The van der Waals surface area contributed by atoms with Gasteiger partial charge in [-0.05, 0) is 37.2 Å². The molecule has 3 N–H and O–H groups in total. The molecule has 0 saturated carbocycles. The Kier molecular flexibility index (Phi) is 11.7. The summed E-state index contributed by atoms with van der Waals surface area (Å²) in [6, 6.07) is 6.80. The first-order chi connectivity index (χ1) is 7.34. The van der Waals surface area contributed by atoms with Gasteiger partial charge >= 0.3 is 0 Å². The maximum absolute atomic E-state index is 12.7. The van der Waals surface area contributed by atoms with Crippen LogP contribution in [0, 0.1) is 5.82 Å². The first-order valence-corrected chi connectivity index (χ1v) is 5.52. The van der Waals surface area contributed by atoms with Crippen LogP contribution in [0.2, 0.25) is 0 Å². The van der Waals surface area contributed by atoms with E-state index in [4.69, 9.17) is 0 Å². The molecule has 1 heterocycles. The van der Waals surface area contributed by atoms with Gasteiger partial charge in [0.15, 0.2) is 0 Å². The standard InChI is InChI=1S/C12H17FN2.2ClH.H2O/c13-12-4-2-11(3-5-12)10-15-8-1-6-14-7-9-15;;;/h2-5,14H,1,6-10H2;2*1H;1H2. The quantitative estimate of drug-likeness (QED) is 0.902. The Bertz CT molecular complexity index is 303. The van der Waals surface area contributed by atoms with E-state index >= 15 is 0 Å². The third-order valence-corrected chi connectivity index (χ3v) is 2.75. The van der Waals surface area contributed by atoms with E-state index in [-0.39, 0.29) is 36.1 Å². The minimum atomic E-state index is -0.156. The number of nitrogens with one attached hydrogen (secondary N) is 1. The van der Waals surface area contributed by atoms with E-state index < -0.39 is 0 Å². The zero-order valence-corrected chi connectivity index (χ0v) is 11.8. The van der Waals surface area contributed by atoms with E-state index in [1.54, 1.807) is 0 Å². The van der Waals surface area contributed by atoms with Crippen molar-refractivity contribution in [1.29, 1.82) is 0 Å². The first kappa shape index (κ1) is 19.9. The van der Waals surface area contributed by atoms with Gasteiger partial charge in [-0.3, -0.25) is 4.90 Å². The summed E-state index contributed by atoms with van der Waals surface area (Å²) in [7, 11) is 0. The SMILES string of the molecule is Cl.Cl.Fc1ccc(CN2CCCNCC2)cc1.O. The van der Waals surface area contributed by atoms with E-state index in [0.717, 1.165) is 32.7 Å². The van der Waals surface area contributed by atoms with Gasteiger partial charge in [0.2, 0.25) is 0 Å². The molecule has 6 heteroatoms. The van der Waals surface area contributed by atoms with Crippen LogP contribution < -0.4 is 5.32 Å². The Hall–Kier alpha value is -0.390. The van der Waals surface area contributed by atoms with Crippen molar-refractivity contribution < 1.29 is 9.87 Å². The molecule has 0 bridgehead atoms. The average Bonchev–Trinajstić information content (AvgIpc) is 2.50. The Morgan fingerprint density at radius 2 is 1.72 bits per heavy atom. The predicted molar refractivity (Wildman–Crippen MR) is 77.3 cm³/mol. The second-order valence-electron chi connectivity index (χ2n) is 4.01. The summed E-state index contributed by atoms with van der Waals surface area (Å²) in [6.45, 7) is 5.31. The molecule has 1 aliphatic rings. The third kappa shape index (κ3) is 6.52. The van der Waals surface area contributed by atoms with Gasteiger partial charge in [-0.1, -0.05) is 12.1 Å². The van der Waals surface area contributed by atoms with Crippen LogP contribution in [0.4, 0.5) is 4.39 Å². The number of rotatable bonds is 2. The molecule has 0 spiro atoms. The fraction of sp³-hybridized carbons (Fsp3) is 0.500. The second kappa shape index (κ2) is 10.5. The molecule has 1 aliphatic heterocycles. The molecule has 0 unspecified atom stereocenters. The number of hydrogen-bond acceptors (Lipinski definition) is 2. The van der Waals surface area contributed by atoms with Crippen molar-refractivity contribution in [1.82, 2.24) is 10.2 Å². The monoisotopic (exact) mass is 298 g/mol. The Labute approximate surface area is 120 Å². The highest BCUT2D eigenvalue weighted by Gasteiger charge is 2.08. The molecule has 0 radical (unpaired) electrons. The van der Waals surface area contributed by atoms with Crippen molar-refractivity contribution in [3.63, 3.8) is 0 Å². The van der Waals surface area contributed by atoms with Gasteiger partial charge in [0.25, 0.3) is 0 Å². The lowest BCUT2D eigenvalue weighted by Gasteiger charge is -2.19. The molecule has 106 valence electrons. The van der Waals surface area contributed by atoms with E-state index in [9.17, 15) is 4.39 Å². The molecular weight excluding hydrogens is 278 g/mol. The Balaban J connectivity index is 0. The normalized spacial score (nSPS) is 15.6. The van der Waals surface area contributed by atoms with Gasteiger partial charge in [0.05, 0.1) is 0 Å². The number of hydrogen-bond donors (Lipinski definition) is 1. The van der Waals surface area contributed by atoms with Crippen molar-refractivity contribution in [2.75, 3.05) is 26.2 Å². The Morgan fingerprint density at radius 3 is 2.39 bits per heavy atom. The lowest BCUT2D eigenvalue weighted by atomic mass is 10.2. The molecule has 1 aromatic rings. The first-order valence-electron chi connectivity index (χ1n) is 5.52. The molecule has 2 rings (SSSR count). The Morgan fingerprint density at radius 1 is 1.06 bits per heavy atom. The van der Waals surface area contributed by atoms with Crippen molar-refractivity contribution in [2.24, 2.45) is 0 Å². The van der Waals surface area contributed by atoms with Crippen LogP contribution in [0.3, 0.4) is 0 Å². The van der Waals surface area contributed by atoms with E-state index in [1.807, 2.05) is 12.1 Å². The topological polar surface area (TPSA) is 46.8 Å². The van der Waals surface area contributed by atoms with E-state index in [0.29, 0.717) is 0 Å². The van der Waals surface area contributed by atoms with Crippen LogP contribution in [0.1, 0.15) is 12.0 Å². The molecule has 1 aromatic carbocycles. The van der Waals surface area contributed by atoms with Crippen molar-refractivity contribution in [3.8, 4) is 0 Å². The maximum Gasteiger partial charge on any atom is 0.123 e. The highest BCUT2D eigenvalue weighted by Crippen LogP contribution is 2.07. The molecule has 1 saturated heterocycles. The van der Waals surface area contributed by atoms with Crippen molar-refractivity contribution in [3.05, 3.63) is 35.6 Å². The molecular formula is C12H21Cl2FN2O. The summed E-state index contributed by atoms with van der Waals surface area (Å²) in [5, 5.41) is 3.37. The zero-order chi connectivity index (χ0) is 10.5. The number of nitrogens with zero attached hydrogens (tertiary/aromatic N) is 1. The van der Waals surface area contributed by atoms with Crippen LogP contribution >= 0.6 is 24.8 Å². The molecule has 0 atom stereocenters. The van der Waals surface area contributed by atoms with Gasteiger partial charge in [-0.15, -0.1) is 24.8 Å². The van der Waals surface area contributed by atoms with Crippen LogP contribution in [0.15, 0.2) is 24.3 Å². The van der Waals surface area contributed by atoms with Crippen molar-refractivity contribution in [2.45, 2.75) is 13.0 Å². The predicted octanol–water partition coefficient (Wildman–Crippen LogP) is 1.64. The largest absolute Gasteiger partial charge is 0.412 e. The summed E-state index contributed by atoms with van der Waals surface area (Å²) >= 11 is 0. The van der Waals surface area contributed by atoms with Crippen LogP contribution in [-0.4, -0.2) is 36.6 Å². The van der Waals surface area contributed by atoms with Crippen molar-refractivity contribution >= 4 is 24.8 Å². The average molecular weight is 299 g/mol. The lowest BCUT2D eigenvalue weighted by molar-refractivity contribution is 0.284. The number of halogens is 3. The van der Waals surface area contributed by atoms with Gasteiger partial charge in [0.1, 0.15) is 5.82 Å². The minimum absolute atomic E-state index is 0. The molecule has 0 aromatic heterocycles. The molecule has 0 amide bonds. The molecule has 0 aliphatic carbocycles. The summed E-state index contributed by atoms with van der Waals surface area (Å²) in [4.78, 5) is 2.41. The van der Waals surface area contributed by atoms with Crippen LogP contribution in [0.5, 0.6) is 0 Å². The maximum atomic E-state index is 12.7. The number of benzene rings is 1. The second-order valence-corrected chi connectivity index (χ2v) is 4.01. The van der Waals surface area contributed by atoms with Gasteiger partial charge in [-0.2, -0.15) is 0 Å². The van der Waals surface area contributed by atoms with Gasteiger partial charge in [0, 0.05) is 19.6 Å². The molecule has 1 fully saturated rings. The molecule has 18 heavy (non-hydrogen) atoms. The van der Waals surface area contributed by atoms with Crippen LogP contribution in [0.25, 0.3) is 0 Å². The van der Waals surface area contributed by atoms with Gasteiger partial charge in [-0.25, -0.2) is 4.39 Å². The highest BCUT2D eigenvalue weighted by molar-refractivity contribution is 5.85. The van der Waals surface area contributed by atoms with Crippen LogP contribution in [-0.2, 0) is 6.54 Å². The third-order valence-electron chi connectivity index (χ3n) is 2.75. The summed E-state index contributed by atoms with van der Waals surface area (Å²) in [5.74, 6) is -0.156. The van der Waals surface area contributed by atoms with E-state index in [1.165, 1.54) is 24.1 Å². The van der Waals surface area contributed by atoms with Gasteiger partial charge < -0.3 is 10.8 Å². The summed E-state index contributed by atoms with van der Waals surface area (Å²) < 4.78 is 12.7. The highest BCUT2D eigenvalue weighted by atomic mass is 35.5. The summed E-state index contributed by atoms with van der Waals surface area (Å²) in [6.07, 6.45) is 1.20. The molecule has 3 nitrogen and oxygen atoms in total. The smallest absolute Gasteiger partial charge is 0.123 e. The summed E-state index contributed by atoms with van der Waals surface area (Å²) in [5.41, 5.74) is 1.19.